The van der Waals surface area contributed by atoms with Crippen molar-refractivity contribution in [1.29, 1.82) is 5.26 Å². The van der Waals surface area contributed by atoms with E-state index in [1.54, 1.807) is 6.07 Å². The Morgan fingerprint density at radius 3 is 3.00 bits per heavy atom. The first-order chi connectivity index (χ1) is 10.2. The predicted octanol–water partition coefficient (Wildman–Crippen LogP) is 1.97. The van der Waals surface area contributed by atoms with Gasteiger partial charge in [0.2, 0.25) is 5.91 Å². The lowest BCUT2D eigenvalue weighted by atomic mass is 10.2. The van der Waals surface area contributed by atoms with E-state index in [0.717, 1.165) is 24.2 Å². The first kappa shape index (κ1) is 13.9. The van der Waals surface area contributed by atoms with Crippen molar-refractivity contribution >= 4 is 28.5 Å². The lowest BCUT2D eigenvalue weighted by molar-refractivity contribution is -0.121. The number of carbonyl (C=O) groups is 1. The first-order valence-electron chi connectivity index (χ1n) is 6.96. The van der Waals surface area contributed by atoms with Crippen LogP contribution < -0.4 is 5.32 Å². The van der Waals surface area contributed by atoms with Crippen molar-refractivity contribution in [3.63, 3.8) is 0 Å². The summed E-state index contributed by atoms with van der Waals surface area (Å²) in [6.45, 7) is 0.216. The molecule has 5 nitrogen and oxygen atoms in total. The molecule has 1 aliphatic rings. The van der Waals surface area contributed by atoms with E-state index < -0.39 is 0 Å². The van der Waals surface area contributed by atoms with Crippen LogP contribution in [0, 0.1) is 11.3 Å². The lowest BCUT2D eigenvalue weighted by Gasteiger charge is -2.08. The molecule has 0 atom stereocenters. The van der Waals surface area contributed by atoms with E-state index in [1.807, 2.05) is 16.7 Å². The van der Waals surface area contributed by atoms with Gasteiger partial charge in [-0.15, -0.1) is 11.6 Å². The van der Waals surface area contributed by atoms with Crippen LogP contribution in [-0.4, -0.2) is 27.4 Å². The summed E-state index contributed by atoms with van der Waals surface area (Å²) in [4.78, 5) is 16.6. The van der Waals surface area contributed by atoms with Gasteiger partial charge in [-0.05, 0) is 25.0 Å². The first-order valence-corrected chi connectivity index (χ1v) is 7.50. The molecule has 0 radical (unpaired) electrons. The van der Waals surface area contributed by atoms with Crippen molar-refractivity contribution in [3.05, 3.63) is 29.6 Å². The summed E-state index contributed by atoms with van der Waals surface area (Å²) in [6, 6.07) is 7.89. The van der Waals surface area contributed by atoms with Gasteiger partial charge in [0.1, 0.15) is 24.0 Å². The lowest BCUT2D eigenvalue weighted by Crippen LogP contribution is -2.29. The summed E-state index contributed by atoms with van der Waals surface area (Å²) < 4.78 is 1.86. The molecule has 0 bridgehead atoms. The zero-order valence-electron chi connectivity index (χ0n) is 11.5. The molecule has 2 aromatic rings. The van der Waals surface area contributed by atoms with Gasteiger partial charge in [0, 0.05) is 18.3 Å². The molecule has 108 valence electrons. The van der Waals surface area contributed by atoms with Crippen LogP contribution in [-0.2, 0) is 17.8 Å². The van der Waals surface area contributed by atoms with Crippen LogP contribution in [0.2, 0.25) is 0 Å². The number of hydrogen-bond acceptors (Lipinski definition) is 3. The number of hydrogen-bond donors (Lipinski definition) is 1. The summed E-state index contributed by atoms with van der Waals surface area (Å²) in [6.07, 6.45) is 2.69. The summed E-state index contributed by atoms with van der Waals surface area (Å²) >= 11 is 5.82. The third kappa shape index (κ3) is 2.86. The van der Waals surface area contributed by atoms with Crippen LogP contribution in [0.15, 0.2) is 18.2 Å². The maximum absolute atomic E-state index is 12.1. The van der Waals surface area contributed by atoms with Crippen LogP contribution in [0.1, 0.15) is 24.2 Å². The van der Waals surface area contributed by atoms with Crippen LogP contribution >= 0.6 is 11.6 Å². The largest absolute Gasteiger partial charge is 0.352 e. The van der Waals surface area contributed by atoms with E-state index in [4.69, 9.17) is 11.6 Å². The summed E-state index contributed by atoms with van der Waals surface area (Å²) in [5.41, 5.74) is 1.96. The molecule has 1 aromatic heterocycles. The number of amides is 1. The van der Waals surface area contributed by atoms with Gasteiger partial charge < -0.3 is 9.88 Å². The van der Waals surface area contributed by atoms with Crippen molar-refractivity contribution in [2.45, 2.75) is 31.8 Å². The van der Waals surface area contributed by atoms with Crippen LogP contribution in [0.3, 0.4) is 0 Å². The highest BCUT2D eigenvalue weighted by Crippen LogP contribution is 2.22. The Labute approximate surface area is 127 Å². The van der Waals surface area contributed by atoms with E-state index in [9.17, 15) is 10.1 Å². The molecule has 6 heteroatoms. The van der Waals surface area contributed by atoms with Crippen LogP contribution in [0.4, 0.5) is 0 Å². The molecule has 0 spiro atoms. The van der Waals surface area contributed by atoms with Crippen LogP contribution in [0.5, 0.6) is 0 Å². The zero-order valence-corrected chi connectivity index (χ0v) is 12.2. The molecule has 1 heterocycles. The van der Waals surface area contributed by atoms with Crippen molar-refractivity contribution in [3.8, 4) is 6.07 Å². The molecule has 21 heavy (non-hydrogen) atoms. The van der Waals surface area contributed by atoms with E-state index >= 15 is 0 Å². The predicted molar refractivity (Wildman–Crippen MR) is 80.0 cm³/mol. The topological polar surface area (TPSA) is 70.7 Å². The molecular weight excluding hydrogens is 288 g/mol. The standard InChI is InChI=1S/C15H15ClN4O/c16-7-6-13-19-15-10(8-17)2-1-3-12(15)20(13)9-14(21)18-11-4-5-11/h1-3,11H,4-7,9H2,(H,18,21). The van der Waals surface area contributed by atoms with Gasteiger partial charge in [-0.25, -0.2) is 4.98 Å². The molecule has 1 amide bonds. The van der Waals surface area contributed by atoms with E-state index in [1.165, 1.54) is 0 Å². The number of para-hydroxylation sites is 1. The van der Waals surface area contributed by atoms with Gasteiger partial charge in [-0.1, -0.05) is 6.07 Å². The summed E-state index contributed by atoms with van der Waals surface area (Å²) in [5, 5.41) is 12.1. The Morgan fingerprint density at radius 2 is 2.33 bits per heavy atom. The molecule has 3 rings (SSSR count). The molecule has 1 N–H and O–H groups in total. The smallest absolute Gasteiger partial charge is 0.240 e. The van der Waals surface area contributed by atoms with Crippen molar-refractivity contribution < 1.29 is 4.79 Å². The fourth-order valence-electron chi connectivity index (χ4n) is 2.38. The minimum atomic E-state index is -0.0185. The second kappa shape index (κ2) is 5.74. The fraction of sp³-hybridized carbons (Fsp3) is 0.400. The Balaban J connectivity index is 1.99. The number of imidazole rings is 1. The highest BCUT2D eigenvalue weighted by molar-refractivity contribution is 6.17. The quantitative estimate of drug-likeness (QED) is 0.858. The number of rotatable bonds is 5. The maximum Gasteiger partial charge on any atom is 0.240 e. The van der Waals surface area contributed by atoms with E-state index in [2.05, 4.69) is 16.4 Å². The van der Waals surface area contributed by atoms with Gasteiger partial charge >= 0.3 is 0 Å². The Morgan fingerprint density at radius 1 is 1.52 bits per heavy atom. The van der Waals surface area contributed by atoms with Crippen molar-refractivity contribution in [2.24, 2.45) is 0 Å². The number of halogens is 1. The molecule has 0 unspecified atom stereocenters. The van der Waals surface area contributed by atoms with Gasteiger partial charge in [0.05, 0.1) is 11.1 Å². The number of aromatic nitrogens is 2. The monoisotopic (exact) mass is 302 g/mol. The third-order valence-electron chi connectivity index (χ3n) is 3.54. The molecule has 1 aliphatic carbocycles. The molecular formula is C15H15ClN4O. The van der Waals surface area contributed by atoms with Gasteiger partial charge in [0.25, 0.3) is 0 Å². The van der Waals surface area contributed by atoms with E-state index in [0.29, 0.717) is 29.4 Å². The van der Waals surface area contributed by atoms with Gasteiger partial charge in [-0.2, -0.15) is 5.26 Å². The molecule has 1 saturated carbocycles. The van der Waals surface area contributed by atoms with Gasteiger partial charge in [-0.3, -0.25) is 4.79 Å². The minimum absolute atomic E-state index is 0.0185. The number of carbonyl (C=O) groups excluding carboxylic acids is 1. The zero-order chi connectivity index (χ0) is 14.8. The summed E-state index contributed by atoms with van der Waals surface area (Å²) in [5.74, 6) is 1.15. The summed E-state index contributed by atoms with van der Waals surface area (Å²) in [7, 11) is 0. The number of nitrogens with one attached hydrogen (secondary N) is 1. The molecule has 1 fully saturated rings. The number of fused-ring (bicyclic) bond motifs is 1. The fourth-order valence-corrected chi connectivity index (χ4v) is 2.55. The number of benzene rings is 1. The number of alkyl halides is 1. The van der Waals surface area contributed by atoms with Gasteiger partial charge in [0.15, 0.2) is 0 Å². The molecule has 0 saturated heterocycles. The Kier molecular flexibility index (Phi) is 3.80. The Hall–Kier alpha value is -2.06. The normalized spacial score (nSPS) is 14.1. The average Bonchev–Trinajstić information content (AvgIpc) is 3.22. The second-order valence-corrected chi connectivity index (χ2v) is 5.56. The molecule has 1 aromatic carbocycles. The second-order valence-electron chi connectivity index (χ2n) is 5.18. The van der Waals surface area contributed by atoms with Crippen molar-refractivity contribution in [1.82, 2.24) is 14.9 Å². The maximum atomic E-state index is 12.1. The third-order valence-corrected chi connectivity index (χ3v) is 3.73. The van der Waals surface area contributed by atoms with E-state index in [-0.39, 0.29) is 12.5 Å². The molecule has 0 aliphatic heterocycles. The average molecular weight is 303 g/mol. The minimum Gasteiger partial charge on any atom is -0.352 e. The highest BCUT2D eigenvalue weighted by Gasteiger charge is 2.24. The Bertz CT molecular complexity index is 727. The SMILES string of the molecule is N#Cc1cccc2c1nc(CCCl)n2CC(=O)NC1CC1. The number of aryl methyl sites for hydroxylation is 1. The highest BCUT2D eigenvalue weighted by atomic mass is 35.5. The van der Waals surface area contributed by atoms with Crippen molar-refractivity contribution in [2.75, 3.05) is 5.88 Å². The number of nitriles is 1. The number of nitrogens with zero attached hydrogens (tertiary/aromatic N) is 3. The van der Waals surface area contributed by atoms with Crippen LogP contribution in [0.25, 0.3) is 11.0 Å².